The van der Waals surface area contributed by atoms with Crippen molar-refractivity contribution in [1.82, 2.24) is 25.2 Å². The second-order valence-electron chi connectivity index (χ2n) is 8.53. The normalized spacial score (nSPS) is 16.0. The number of piperidine rings is 1. The molecule has 168 valence electrons. The first-order valence-corrected chi connectivity index (χ1v) is 11.0. The fourth-order valence-corrected chi connectivity index (χ4v) is 3.99. The van der Waals surface area contributed by atoms with Crippen LogP contribution in [0.3, 0.4) is 0 Å². The van der Waals surface area contributed by atoms with Crippen LogP contribution in [-0.2, 0) is 0 Å². The number of amides is 1. The van der Waals surface area contributed by atoms with Gasteiger partial charge in [-0.25, -0.2) is 9.97 Å². The molecule has 32 heavy (non-hydrogen) atoms. The number of nitrogens with zero attached hydrogens (tertiary/aromatic N) is 5. The Morgan fingerprint density at radius 2 is 2.06 bits per heavy atom. The van der Waals surface area contributed by atoms with E-state index < -0.39 is 0 Å². The van der Waals surface area contributed by atoms with E-state index in [1.807, 2.05) is 43.3 Å². The molecular weight excluding hydrogens is 404 g/mol. The zero-order valence-corrected chi connectivity index (χ0v) is 18.9. The highest BCUT2D eigenvalue weighted by Crippen LogP contribution is 2.27. The van der Waals surface area contributed by atoms with Gasteiger partial charge < -0.3 is 14.6 Å². The predicted molar refractivity (Wildman–Crippen MR) is 123 cm³/mol. The summed E-state index contributed by atoms with van der Waals surface area (Å²) in [5.74, 6) is 1.92. The number of anilines is 1. The van der Waals surface area contributed by atoms with Gasteiger partial charge in [-0.1, -0.05) is 6.92 Å². The van der Waals surface area contributed by atoms with Gasteiger partial charge in [-0.05, 0) is 56.1 Å². The van der Waals surface area contributed by atoms with E-state index in [9.17, 15) is 4.79 Å². The Balaban J connectivity index is 1.56. The van der Waals surface area contributed by atoms with Gasteiger partial charge >= 0.3 is 0 Å². The van der Waals surface area contributed by atoms with Gasteiger partial charge in [-0.2, -0.15) is 0 Å². The molecule has 8 nitrogen and oxygen atoms in total. The standard InChI is InChI=1S/C24H30N6O2/c1-17-8-11-30(12-9-17)20(21-7-5-13-32-21)16-26-23(31)19-15-27-24(29(2)3)28-22(19)18-6-4-10-25-14-18/h4-7,10,13-15,17,20H,8-9,11-12,16H2,1-3H3,(H,26,31). The van der Waals surface area contributed by atoms with E-state index in [2.05, 4.69) is 32.1 Å². The van der Waals surface area contributed by atoms with Crippen LogP contribution < -0.4 is 10.2 Å². The summed E-state index contributed by atoms with van der Waals surface area (Å²) in [6, 6.07) is 7.59. The summed E-state index contributed by atoms with van der Waals surface area (Å²) in [6.07, 6.45) is 8.98. The Labute approximate surface area is 188 Å². The maximum absolute atomic E-state index is 13.3. The Hall–Kier alpha value is -3.26. The molecule has 1 aliphatic heterocycles. The number of aromatic nitrogens is 3. The van der Waals surface area contributed by atoms with Gasteiger partial charge in [0.15, 0.2) is 0 Å². The monoisotopic (exact) mass is 434 g/mol. The number of carbonyl (C=O) groups is 1. The first-order chi connectivity index (χ1) is 15.5. The lowest BCUT2D eigenvalue weighted by Gasteiger charge is -2.35. The summed E-state index contributed by atoms with van der Waals surface area (Å²) >= 11 is 0. The molecule has 0 radical (unpaired) electrons. The maximum atomic E-state index is 13.3. The van der Waals surface area contributed by atoms with E-state index in [1.165, 1.54) is 0 Å². The topological polar surface area (TPSA) is 87.4 Å². The van der Waals surface area contributed by atoms with Crippen LogP contribution in [-0.4, -0.2) is 59.5 Å². The quantitative estimate of drug-likeness (QED) is 0.610. The van der Waals surface area contributed by atoms with Crippen molar-refractivity contribution in [3.63, 3.8) is 0 Å². The molecule has 1 N–H and O–H groups in total. The summed E-state index contributed by atoms with van der Waals surface area (Å²) in [6.45, 7) is 4.72. The van der Waals surface area contributed by atoms with Crippen LogP contribution in [0.15, 0.2) is 53.5 Å². The van der Waals surface area contributed by atoms with E-state index in [-0.39, 0.29) is 11.9 Å². The van der Waals surface area contributed by atoms with Crippen LogP contribution >= 0.6 is 0 Å². The van der Waals surface area contributed by atoms with Crippen LogP contribution in [0.1, 0.15) is 41.9 Å². The first kappa shape index (κ1) is 22.0. The Morgan fingerprint density at radius 1 is 1.25 bits per heavy atom. The number of hydrogen-bond donors (Lipinski definition) is 1. The number of furan rings is 1. The van der Waals surface area contributed by atoms with Crippen molar-refractivity contribution in [1.29, 1.82) is 0 Å². The largest absolute Gasteiger partial charge is 0.468 e. The van der Waals surface area contributed by atoms with Crippen molar-refractivity contribution in [3.05, 3.63) is 60.4 Å². The van der Waals surface area contributed by atoms with Crippen molar-refractivity contribution >= 4 is 11.9 Å². The average molecular weight is 435 g/mol. The molecule has 0 aliphatic carbocycles. The summed E-state index contributed by atoms with van der Waals surface area (Å²) in [5.41, 5.74) is 1.76. The summed E-state index contributed by atoms with van der Waals surface area (Å²) < 4.78 is 5.72. The fraction of sp³-hybridized carbons (Fsp3) is 0.417. The summed E-state index contributed by atoms with van der Waals surface area (Å²) in [5, 5.41) is 3.10. The molecule has 4 heterocycles. The fourth-order valence-electron chi connectivity index (χ4n) is 3.99. The van der Waals surface area contributed by atoms with Crippen molar-refractivity contribution in [2.45, 2.75) is 25.8 Å². The second kappa shape index (κ2) is 9.91. The lowest BCUT2D eigenvalue weighted by atomic mass is 9.97. The molecule has 1 unspecified atom stereocenters. The number of pyridine rings is 1. The van der Waals surface area contributed by atoms with Gasteiger partial charge in [-0.3, -0.25) is 14.7 Å². The molecule has 1 fully saturated rings. The van der Waals surface area contributed by atoms with Crippen LogP contribution in [0.25, 0.3) is 11.3 Å². The zero-order valence-electron chi connectivity index (χ0n) is 18.9. The molecular formula is C24H30N6O2. The molecule has 0 aromatic carbocycles. The molecule has 0 bridgehead atoms. The second-order valence-corrected chi connectivity index (χ2v) is 8.53. The van der Waals surface area contributed by atoms with Crippen LogP contribution in [0.2, 0.25) is 0 Å². The van der Waals surface area contributed by atoms with Crippen molar-refractivity contribution in [2.24, 2.45) is 5.92 Å². The SMILES string of the molecule is CC1CCN(C(CNC(=O)c2cnc(N(C)C)nc2-c2cccnc2)c2ccco2)CC1. The third-order valence-corrected chi connectivity index (χ3v) is 5.94. The lowest BCUT2D eigenvalue weighted by Crippen LogP contribution is -2.42. The highest BCUT2D eigenvalue weighted by atomic mass is 16.3. The Morgan fingerprint density at radius 3 is 2.72 bits per heavy atom. The molecule has 4 rings (SSSR count). The average Bonchev–Trinajstić information content (AvgIpc) is 3.35. The van der Waals surface area contributed by atoms with Gasteiger partial charge in [0.2, 0.25) is 5.95 Å². The maximum Gasteiger partial charge on any atom is 0.255 e. The zero-order chi connectivity index (χ0) is 22.5. The van der Waals surface area contributed by atoms with E-state index in [0.29, 0.717) is 23.8 Å². The minimum absolute atomic E-state index is 0.00902. The number of hydrogen-bond acceptors (Lipinski definition) is 7. The number of likely N-dealkylation sites (tertiary alicyclic amines) is 1. The summed E-state index contributed by atoms with van der Waals surface area (Å²) in [4.78, 5) is 30.6. The molecule has 3 aromatic rings. The van der Waals surface area contributed by atoms with Gasteiger partial charge in [0.25, 0.3) is 5.91 Å². The lowest BCUT2D eigenvalue weighted by molar-refractivity contribution is 0.0895. The van der Waals surface area contributed by atoms with E-state index in [1.54, 1.807) is 24.9 Å². The molecule has 0 spiro atoms. The van der Waals surface area contributed by atoms with Gasteiger partial charge in [0.1, 0.15) is 5.76 Å². The predicted octanol–water partition coefficient (Wildman–Crippen LogP) is 3.40. The highest BCUT2D eigenvalue weighted by molar-refractivity contribution is 5.99. The number of carbonyl (C=O) groups excluding carboxylic acids is 1. The molecule has 1 atom stereocenters. The van der Waals surface area contributed by atoms with Crippen LogP contribution in [0.4, 0.5) is 5.95 Å². The number of rotatable bonds is 7. The van der Waals surface area contributed by atoms with Gasteiger partial charge in [-0.15, -0.1) is 0 Å². The third kappa shape index (κ3) is 4.96. The summed E-state index contributed by atoms with van der Waals surface area (Å²) in [7, 11) is 3.74. The minimum atomic E-state index is -0.212. The van der Waals surface area contributed by atoms with E-state index >= 15 is 0 Å². The first-order valence-electron chi connectivity index (χ1n) is 11.0. The Bertz CT molecular complexity index is 1010. The van der Waals surface area contributed by atoms with E-state index in [0.717, 1.165) is 43.2 Å². The Kier molecular flexibility index (Phi) is 6.80. The highest BCUT2D eigenvalue weighted by Gasteiger charge is 2.27. The molecule has 8 heteroatoms. The molecule has 1 saturated heterocycles. The molecule has 1 amide bonds. The van der Waals surface area contributed by atoms with Crippen molar-refractivity contribution in [2.75, 3.05) is 38.6 Å². The van der Waals surface area contributed by atoms with Crippen LogP contribution in [0.5, 0.6) is 0 Å². The molecule has 1 aliphatic rings. The van der Waals surface area contributed by atoms with Gasteiger partial charge in [0, 0.05) is 44.8 Å². The smallest absolute Gasteiger partial charge is 0.255 e. The van der Waals surface area contributed by atoms with Gasteiger partial charge in [0.05, 0.1) is 23.6 Å². The minimum Gasteiger partial charge on any atom is -0.468 e. The number of nitrogens with one attached hydrogen (secondary N) is 1. The molecule has 3 aromatic heterocycles. The van der Waals surface area contributed by atoms with Crippen molar-refractivity contribution < 1.29 is 9.21 Å². The third-order valence-electron chi connectivity index (χ3n) is 5.94. The molecule has 0 saturated carbocycles. The van der Waals surface area contributed by atoms with Crippen LogP contribution in [0, 0.1) is 5.92 Å². The van der Waals surface area contributed by atoms with Crippen molar-refractivity contribution in [3.8, 4) is 11.3 Å². The van der Waals surface area contributed by atoms with E-state index in [4.69, 9.17) is 4.42 Å².